The van der Waals surface area contributed by atoms with Gasteiger partial charge in [-0.1, -0.05) is 0 Å². The molecule has 1 unspecified atom stereocenters. The first-order valence-electron chi connectivity index (χ1n) is 6.74. The number of amides is 1. The third kappa shape index (κ3) is 4.85. The summed E-state index contributed by atoms with van der Waals surface area (Å²) in [7, 11) is 0. The van der Waals surface area contributed by atoms with Gasteiger partial charge in [0.15, 0.2) is 0 Å². The molecule has 1 amide bonds. The monoisotopic (exact) mass is 431 g/mol. The number of nitrogens with zero attached hydrogens (tertiary/aromatic N) is 1. The van der Waals surface area contributed by atoms with Crippen LogP contribution in [-0.4, -0.2) is 40.4 Å². The van der Waals surface area contributed by atoms with Crippen LogP contribution >= 0.6 is 22.6 Å². The lowest BCUT2D eigenvalue weighted by atomic mass is 10.2. The number of aromatic nitrogens is 1. The maximum absolute atomic E-state index is 13.9. The van der Waals surface area contributed by atoms with Crippen LogP contribution in [0.1, 0.15) is 10.4 Å². The van der Waals surface area contributed by atoms with Crippen molar-refractivity contribution in [1.29, 1.82) is 0 Å². The molecule has 6 nitrogen and oxygen atoms in total. The molecule has 0 aliphatic rings. The van der Waals surface area contributed by atoms with Crippen LogP contribution < -0.4 is 10.6 Å². The Labute approximate surface area is 145 Å². The van der Waals surface area contributed by atoms with Crippen molar-refractivity contribution in [3.63, 3.8) is 0 Å². The van der Waals surface area contributed by atoms with Gasteiger partial charge in [-0.2, -0.15) is 0 Å². The standard InChI is InChI=1S/C15H15FIN3O3/c16-12-5-9(17)1-2-13(12)20-14-7-18-4-3-11(14)15(23)19-6-10(22)8-21/h1-5,7,10,20-22H,6,8H2,(H,19,23). The van der Waals surface area contributed by atoms with Crippen LogP contribution in [0.5, 0.6) is 0 Å². The SMILES string of the molecule is O=C(NCC(O)CO)c1ccncc1Nc1ccc(I)cc1F. The lowest BCUT2D eigenvalue weighted by molar-refractivity contribution is 0.0802. The van der Waals surface area contributed by atoms with Crippen LogP contribution in [0.15, 0.2) is 36.7 Å². The van der Waals surface area contributed by atoms with Crippen molar-refractivity contribution < 1.29 is 19.4 Å². The second kappa shape index (κ2) is 8.18. The van der Waals surface area contributed by atoms with Crippen LogP contribution in [0.3, 0.4) is 0 Å². The van der Waals surface area contributed by atoms with Crippen molar-refractivity contribution in [1.82, 2.24) is 10.3 Å². The first-order valence-corrected chi connectivity index (χ1v) is 7.82. The first-order chi connectivity index (χ1) is 11.0. The van der Waals surface area contributed by atoms with Gasteiger partial charge in [-0.25, -0.2) is 4.39 Å². The van der Waals surface area contributed by atoms with Gasteiger partial charge in [0.1, 0.15) is 5.82 Å². The second-order valence-electron chi connectivity index (χ2n) is 4.72. The molecule has 0 aliphatic heterocycles. The Bertz CT molecular complexity index is 699. The summed E-state index contributed by atoms with van der Waals surface area (Å²) in [5.74, 6) is -0.906. The predicted molar refractivity (Wildman–Crippen MR) is 92.1 cm³/mol. The lowest BCUT2D eigenvalue weighted by Crippen LogP contribution is -2.34. The van der Waals surface area contributed by atoms with Gasteiger partial charge < -0.3 is 20.8 Å². The molecule has 1 heterocycles. The quantitative estimate of drug-likeness (QED) is 0.522. The first kappa shape index (κ1) is 17.6. The molecular formula is C15H15FIN3O3. The maximum atomic E-state index is 13.9. The molecule has 0 aliphatic carbocycles. The number of hydrogen-bond donors (Lipinski definition) is 4. The zero-order valence-electron chi connectivity index (χ0n) is 12.0. The van der Waals surface area contributed by atoms with Gasteiger partial charge in [0.2, 0.25) is 0 Å². The van der Waals surface area contributed by atoms with E-state index < -0.39 is 24.4 Å². The van der Waals surface area contributed by atoms with Crippen LogP contribution in [0.25, 0.3) is 0 Å². The van der Waals surface area contributed by atoms with E-state index >= 15 is 0 Å². The molecule has 4 N–H and O–H groups in total. The largest absolute Gasteiger partial charge is 0.394 e. The van der Waals surface area contributed by atoms with Gasteiger partial charge in [-0.15, -0.1) is 0 Å². The molecule has 0 bridgehead atoms. The molecule has 0 radical (unpaired) electrons. The molecule has 23 heavy (non-hydrogen) atoms. The van der Waals surface area contributed by atoms with E-state index in [4.69, 9.17) is 5.11 Å². The van der Waals surface area contributed by atoms with E-state index in [1.165, 1.54) is 24.5 Å². The molecule has 0 spiro atoms. The minimum absolute atomic E-state index is 0.0883. The molecule has 1 aromatic heterocycles. The Hall–Kier alpha value is -1.78. The molecule has 1 aromatic carbocycles. The normalized spacial score (nSPS) is 11.8. The van der Waals surface area contributed by atoms with Gasteiger partial charge >= 0.3 is 0 Å². The third-order valence-corrected chi connectivity index (χ3v) is 3.65. The molecule has 2 aromatic rings. The van der Waals surface area contributed by atoms with Crippen molar-refractivity contribution in [3.8, 4) is 0 Å². The van der Waals surface area contributed by atoms with Crippen molar-refractivity contribution >= 4 is 39.9 Å². The highest BCUT2D eigenvalue weighted by Gasteiger charge is 2.14. The molecule has 8 heteroatoms. The van der Waals surface area contributed by atoms with Crippen molar-refractivity contribution in [2.75, 3.05) is 18.5 Å². The fraction of sp³-hybridized carbons (Fsp3) is 0.200. The number of aliphatic hydroxyl groups excluding tert-OH is 2. The van der Waals surface area contributed by atoms with E-state index in [1.54, 1.807) is 12.1 Å². The highest BCUT2D eigenvalue weighted by atomic mass is 127. The predicted octanol–water partition coefficient (Wildman–Crippen LogP) is 1.65. The highest BCUT2D eigenvalue weighted by molar-refractivity contribution is 14.1. The average Bonchev–Trinajstić information content (AvgIpc) is 2.55. The Morgan fingerprint density at radius 3 is 2.83 bits per heavy atom. The lowest BCUT2D eigenvalue weighted by Gasteiger charge is -2.13. The van der Waals surface area contributed by atoms with Crippen LogP contribution in [0.2, 0.25) is 0 Å². The summed E-state index contributed by atoms with van der Waals surface area (Å²) in [4.78, 5) is 16.1. The number of aliphatic hydroxyl groups is 2. The topological polar surface area (TPSA) is 94.5 Å². The number of carbonyl (C=O) groups excluding carboxylic acids is 1. The number of rotatable bonds is 6. The fourth-order valence-electron chi connectivity index (χ4n) is 1.80. The van der Waals surface area contributed by atoms with E-state index in [1.807, 2.05) is 22.6 Å². The highest BCUT2D eigenvalue weighted by Crippen LogP contribution is 2.23. The van der Waals surface area contributed by atoms with Gasteiger partial charge in [0.05, 0.1) is 35.8 Å². The van der Waals surface area contributed by atoms with E-state index in [9.17, 15) is 14.3 Å². The summed E-state index contributed by atoms with van der Waals surface area (Å²) in [6, 6.07) is 6.16. The summed E-state index contributed by atoms with van der Waals surface area (Å²) in [5.41, 5.74) is 0.814. The number of halogens is 2. The number of pyridine rings is 1. The summed E-state index contributed by atoms with van der Waals surface area (Å²) in [6.45, 7) is -0.537. The van der Waals surface area contributed by atoms with E-state index in [-0.39, 0.29) is 17.8 Å². The zero-order chi connectivity index (χ0) is 16.8. The minimum atomic E-state index is -1.04. The second-order valence-corrected chi connectivity index (χ2v) is 5.96. The van der Waals surface area contributed by atoms with Gasteiger partial charge in [-0.05, 0) is 46.9 Å². The molecule has 0 saturated heterocycles. The maximum Gasteiger partial charge on any atom is 0.253 e. The van der Waals surface area contributed by atoms with Gasteiger partial charge in [-0.3, -0.25) is 9.78 Å². The molecule has 0 saturated carbocycles. The van der Waals surface area contributed by atoms with Crippen LogP contribution in [0, 0.1) is 9.39 Å². The molecular weight excluding hydrogens is 416 g/mol. The van der Waals surface area contributed by atoms with Crippen LogP contribution in [-0.2, 0) is 0 Å². The Morgan fingerprint density at radius 1 is 1.35 bits per heavy atom. The van der Waals surface area contributed by atoms with Crippen LogP contribution in [0.4, 0.5) is 15.8 Å². The molecule has 2 rings (SSSR count). The summed E-state index contributed by atoms with van der Waals surface area (Å²) < 4.78 is 14.7. The van der Waals surface area contributed by atoms with Gasteiger partial charge in [0.25, 0.3) is 5.91 Å². The summed E-state index contributed by atoms with van der Waals surface area (Å²) >= 11 is 2.00. The average molecular weight is 431 g/mol. The zero-order valence-corrected chi connectivity index (χ0v) is 14.1. The van der Waals surface area contributed by atoms with E-state index in [2.05, 4.69) is 15.6 Å². The fourth-order valence-corrected chi connectivity index (χ4v) is 2.25. The Kier molecular flexibility index (Phi) is 6.25. The summed E-state index contributed by atoms with van der Waals surface area (Å²) in [5, 5.41) is 23.4. The van der Waals surface area contributed by atoms with Crippen molar-refractivity contribution in [2.24, 2.45) is 0 Å². The molecule has 122 valence electrons. The van der Waals surface area contributed by atoms with E-state index in [0.29, 0.717) is 5.69 Å². The molecule has 1 atom stereocenters. The minimum Gasteiger partial charge on any atom is -0.394 e. The number of hydrogen-bond acceptors (Lipinski definition) is 5. The molecule has 0 fully saturated rings. The summed E-state index contributed by atoms with van der Waals surface area (Å²) in [6.07, 6.45) is 1.81. The van der Waals surface area contributed by atoms with Crippen molar-refractivity contribution in [2.45, 2.75) is 6.10 Å². The van der Waals surface area contributed by atoms with Crippen molar-refractivity contribution in [3.05, 3.63) is 51.6 Å². The number of nitrogens with one attached hydrogen (secondary N) is 2. The smallest absolute Gasteiger partial charge is 0.253 e. The van der Waals surface area contributed by atoms with E-state index in [0.717, 1.165) is 3.57 Å². The number of carbonyl (C=O) groups is 1. The Morgan fingerprint density at radius 2 is 2.13 bits per heavy atom. The number of anilines is 2. The van der Waals surface area contributed by atoms with Gasteiger partial charge in [0, 0.05) is 16.3 Å². The third-order valence-electron chi connectivity index (χ3n) is 2.98. The number of benzene rings is 1. The Balaban J connectivity index is 2.18.